The standard InChI is InChI=1S/C15H19NO3/c1-15(17,14-4-3-9-19-14)11-16-10-12-5-7-13(18-2)8-6-12/h3-9,16-17H,10-11H2,1-2H3. The van der Waals surface area contributed by atoms with Gasteiger partial charge in [-0.25, -0.2) is 0 Å². The Morgan fingerprint density at radius 2 is 2.00 bits per heavy atom. The van der Waals surface area contributed by atoms with Crippen LogP contribution in [0.4, 0.5) is 0 Å². The molecular weight excluding hydrogens is 242 g/mol. The monoisotopic (exact) mass is 261 g/mol. The van der Waals surface area contributed by atoms with Gasteiger partial charge >= 0.3 is 0 Å². The molecule has 0 aliphatic carbocycles. The molecule has 0 radical (unpaired) electrons. The summed E-state index contributed by atoms with van der Waals surface area (Å²) in [6, 6.07) is 11.4. The van der Waals surface area contributed by atoms with Crippen molar-refractivity contribution in [2.75, 3.05) is 13.7 Å². The van der Waals surface area contributed by atoms with Crippen molar-refractivity contribution in [2.45, 2.75) is 19.1 Å². The number of nitrogens with one attached hydrogen (secondary N) is 1. The highest BCUT2D eigenvalue weighted by Gasteiger charge is 2.25. The highest BCUT2D eigenvalue weighted by atomic mass is 16.5. The third-order valence-corrected chi connectivity index (χ3v) is 3.01. The lowest BCUT2D eigenvalue weighted by atomic mass is 10.0. The minimum absolute atomic E-state index is 0.423. The molecular formula is C15H19NO3. The summed E-state index contributed by atoms with van der Waals surface area (Å²) < 4.78 is 10.3. The van der Waals surface area contributed by atoms with Crippen molar-refractivity contribution < 1.29 is 14.3 Å². The average molecular weight is 261 g/mol. The van der Waals surface area contributed by atoms with Crippen LogP contribution in [0, 0.1) is 0 Å². The summed E-state index contributed by atoms with van der Waals surface area (Å²) in [5, 5.41) is 13.5. The second-order valence-electron chi connectivity index (χ2n) is 4.70. The van der Waals surface area contributed by atoms with Gasteiger partial charge in [0.15, 0.2) is 0 Å². The lowest BCUT2D eigenvalue weighted by molar-refractivity contribution is 0.0340. The first-order chi connectivity index (χ1) is 9.12. The number of aliphatic hydroxyl groups is 1. The normalized spacial score (nSPS) is 14.1. The minimum atomic E-state index is -1.00. The van der Waals surface area contributed by atoms with Gasteiger partial charge in [-0.05, 0) is 36.8 Å². The van der Waals surface area contributed by atoms with Crippen LogP contribution in [-0.4, -0.2) is 18.8 Å². The van der Waals surface area contributed by atoms with Gasteiger partial charge in [0, 0.05) is 13.1 Å². The average Bonchev–Trinajstić information content (AvgIpc) is 2.94. The largest absolute Gasteiger partial charge is 0.497 e. The number of ether oxygens (including phenoxy) is 1. The summed E-state index contributed by atoms with van der Waals surface area (Å²) in [7, 11) is 1.65. The van der Waals surface area contributed by atoms with Gasteiger partial charge in [0.1, 0.15) is 17.1 Å². The van der Waals surface area contributed by atoms with Gasteiger partial charge in [0.05, 0.1) is 13.4 Å². The predicted molar refractivity (Wildman–Crippen MR) is 73.0 cm³/mol. The number of furan rings is 1. The second-order valence-corrected chi connectivity index (χ2v) is 4.70. The molecule has 102 valence electrons. The van der Waals surface area contributed by atoms with E-state index in [2.05, 4.69) is 5.32 Å². The Morgan fingerprint density at radius 3 is 2.58 bits per heavy atom. The first-order valence-corrected chi connectivity index (χ1v) is 6.22. The molecule has 1 heterocycles. The fraction of sp³-hybridized carbons (Fsp3) is 0.333. The van der Waals surface area contributed by atoms with E-state index in [-0.39, 0.29) is 0 Å². The van der Waals surface area contributed by atoms with Crippen LogP contribution in [0.5, 0.6) is 5.75 Å². The third kappa shape index (κ3) is 3.59. The maximum absolute atomic E-state index is 10.3. The Morgan fingerprint density at radius 1 is 1.26 bits per heavy atom. The van der Waals surface area contributed by atoms with E-state index >= 15 is 0 Å². The molecule has 0 saturated heterocycles. The summed E-state index contributed by atoms with van der Waals surface area (Å²) in [6.45, 7) is 2.83. The van der Waals surface area contributed by atoms with Crippen molar-refractivity contribution in [1.82, 2.24) is 5.32 Å². The van der Waals surface area contributed by atoms with Crippen LogP contribution in [-0.2, 0) is 12.1 Å². The minimum Gasteiger partial charge on any atom is -0.497 e. The van der Waals surface area contributed by atoms with E-state index in [9.17, 15) is 5.11 Å². The Labute approximate surface area is 113 Å². The van der Waals surface area contributed by atoms with Crippen molar-refractivity contribution in [2.24, 2.45) is 0 Å². The van der Waals surface area contributed by atoms with Crippen molar-refractivity contribution in [3.8, 4) is 5.75 Å². The highest BCUT2D eigenvalue weighted by molar-refractivity contribution is 5.27. The van der Waals surface area contributed by atoms with E-state index in [1.807, 2.05) is 24.3 Å². The van der Waals surface area contributed by atoms with Crippen LogP contribution in [0.25, 0.3) is 0 Å². The molecule has 1 unspecified atom stereocenters. The molecule has 0 aliphatic heterocycles. The fourth-order valence-corrected chi connectivity index (χ4v) is 1.87. The van der Waals surface area contributed by atoms with Gasteiger partial charge in [-0.15, -0.1) is 0 Å². The zero-order valence-corrected chi connectivity index (χ0v) is 11.2. The van der Waals surface area contributed by atoms with Gasteiger partial charge in [-0.2, -0.15) is 0 Å². The molecule has 1 atom stereocenters. The molecule has 0 saturated carbocycles. The van der Waals surface area contributed by atoms with Crippen LogP contribution in [0.15, 0.2) is 47.1 Å². The smallest absolute Gasteiger partial charge is 0.136 e. The third-order valence-electron chi connectivity index (χ3n) is 3.01. The predicted octanol–water partition coefficient (Wildman–Crippen LogP) is 2.29. The number of rotatable bonds is 6. The lowest BCUT2D eigenvalue weighted by Crippen LogP contribution is -2.34. The number of benzene rings is 1. The summed E-state index contributed by atoms with van der Waals surface area (Å²) in [4.78, 5) is 0. The van der Waals surface area contributed by atoms with Crippen molar-refractivity contribution >= 4 is 0 Å². The Bertz CT molecular complexity index is 489. The van der Waals surface area contributed by atoms with E-state index < -0.39 is 5.60 Å². The van der Waals surface area contributed by atoms with Crippen molar-refractivity contribution in [1.29, 1.82) is 0 Å². The summed E-state index contributed by atoms with van der Waals surface area (Å²) in [5.41, 5.74) is 0.131. The van der Waals surface area contributed by atoms with Gasteiger partial charge in [0.2, 0.25) is 0 Å². The molecule has 0 spiro atoms. The van der Waals surface area contributed by atoms with Gasteiger partial charge in [0.25, 0.3) is 0 Å². The molecule has 0 fully saturated rings. The van der Waals surface area contributed by atoms with E-state index in [0.717, 1.165) is 11.3 Å². The molecule has 4 heteroatoms. The molecule has 1 aromatic carbocycles. The molecule has 1 aromatic heterocycles. The topological polar surface area (TPSA) is 54.6 Å². The summed E-state index contributed by atoms with van der Waals surface area (Å²) in [6.07, 6.45) is 1.56. The van der Waals surface area contributed by atoms with E-state index in [1.54, 1.807) is 32.4 Å². The Kier molecular flexibility index (Phi) is 4.24. The number of methoxy groups -OCH3 is 1. The van der Waals surface area contributed by atoms with Crippen LogP contribution in [0.1, 0.15) is 18.2 Å². The van der Waals surface area contributed by atoms with E-state index in [1.165, 1.54) is 0 Å². The summed E-state index contributed by atoms with van der Waals surface area (Å²) in [5.74, 6) is 1.40. The zero-order valence-electron chi connectivity index (χ0n) is 11.2. The van der Waals surface area contributed by atoms with Gasteiger partial charge in [-0.1, -0.05) is 12.1 Å². The quantitative estimate of drug-likeness (QED) is 0.837. The molecule has 0 aliphatic rings. The molecule has 19 heavy (non-hydrogen) atoms. The molecule has 2 rings (SSSR count). The van der Waals surface area contributed by atoms with Crippen LogP contribution in [0.3, 0.4) is 0 Å². The van der Waals surface area contributed by atoms with Gasteiger partial charge < -0.3 is 19.6 Å². The Hall–Kier alpha value is -1.78. The van der Waals surface area contributed by atoms with E-state index in [0.29, 0.717) is 18.8 Å². The second kappa shape index (κ2) is 5.91. The molecule has 4 nitrogen and oxygen atoms in total. The first kappa shape index (κ1) is 13.6. The highest BCUT2D eigenvalue weighted by Crippen LogP contribution is 2.20. The zero-order chi connectivity index (χ0) is 13.7. The maximum Gasteiger partial charge on any atom is 0.136 e. The molecule has 0 bridgehead atoms. The van der Waals surface area contributed by atoms with Gasteiger partial charge in [-0.3, -0.25) is 0 Å². The first-order valence-electron chi connectivity index (χ1n) is 6.22. The molecule has 2 aromatic rings. The molecule has 0 amide bonds. The number of hydrogen-bond acceptors (Lipinski definition) is 4. The summed E-state index contributed by atoms with van der Waals surface area (Å²) >= 11 is 0. The van der Waals surface area contributed by atoms with Crippen molar-refractivity contribution in [3.63, 3.8) is 0 Å². The maximum atomic E-state index is 10.3. The molecule has 2 N–H and O–H groups in total. The Balaban J connectivity index is 1.86. The van der Waals surface area contributed by atoms with E-state index in [4.69, 9.17) is 9.15 Å². The lowest BCUT2D eigenvalue weighted by Gasteiger charge is -2.21. The van der Waals surface area contributed by atoms with Crippen LogP contribution < -0.4 is 10.1 Å². The SMILES string of the molecule is COc1ccc(CNCC(C)(O)c2ccco2)cc1. The van der Waals surface area contributed by atoms with Crippen LogP contribution >= 0.6 is 0 Å². The number of hydrogen-bond donors (Lipinski definition) is 2. The fourth-order valence-electron chi connectivity index (χ4n) is 1.87. The van der Waals surface area contributed by atoms with Crippen LogP contribution in [0.2, 0.25) is 0 Å². The van der Waals surface area contributed by atoms with Crippen molar-refractivity contribution in [3.05, 3.63) is 54.0 Å².